The summed E-state index contributed by atoms with van der Waals surface area (Å²) in [7, 11) is 0. The number of carbonyl (C=O) groups is 2. The van der Waals surface area contributed by atoms with E-state index in [1.165, 1.54) is 12.1 Å². The summed E-state index contributed by atoms with van der Waals surface area (Å²) in [5.74, 6) is -0.985. The zero-order valence-electron chi connectivity index (χ0n) is 18.3. The molecule has 1 aliphatic rings. The maximum atomic E-state index is 13.9. The number of nitrogens with zero attached hydrogens (tertiary/aromatic N) is 1. The summed E-state index contributed by atoms with van der Waals surface area (Å²) in [5.41, 5.74) is 2.02. The normalized spacial score (nSPS) is 14.8. The number of nitrogens with one attached hydrogen (secondary N) is 1. The number of hydrogen-bond acceptors (Lipinski definition) is 3. The summed E-state index contributed by atoms with van der Waals surface area (Å²) < 4.78 is 19.3. The van der Waals surface area contributed by atoms with Crippen LogP contribution in [0.3, 0.4) is 0 Å². The molecule has 3 rings (SSSR count). The molecule has 2 amide bonds. The molecular formula is C25H31FN2O3. The van der Waals surface area contributed by atoms with Gasteiger partial charge < -0.3 is 15.0 Å². The van der Waals surface area contributed by atoms with E-state index in [0.717, 1.165) is 36.8 Å². The molecule has 0 radical (unpaired) electrons. The first kappa shape index (κ1) is 22.8. The highest BCUT2D eigenvalue weighted by Gasteiger charge is 2.31. The number of amides is 2. The van der Waals surface area contributed by atoms with Crippen LogP contribution in [0.4, 0.5) is 4.39 Å². The average Bonchev–Trinajstić information content (AvgIpc) is 3.26. The maximum absolute atomic E-state index is 13.9. The fraction of sp³-hybridized carbons (Fsp3) is 0.440. The number of para-hydroxylation sites is 1. The van der Waals surface area contributed by atoms with Gasteiger partial charge in [-0.3, -0.25) is 9.59 Å². The third-order valence-electron chi connectivity index (χ3n) is 5.71. The predicted molar refractivity (Wildman–Crippen MR) is 118 cm³/mol. The number of benzene rings is 2. The van der Waals surface area contributed by atoms with Crippen molar-refractivity contribution in [2.75, 3.05) is 6.61 Å². The molecule has 2 aromatic rings. The number of halogens is 1. The van der Waals surface area contributed by atoms with Crippen LogP contribution in [-0.4, -0.2) is 35.4 Å². The number of hydrogen-bond donors (Lipinski definition) is 1. The highest BCUT2D eigenvalue weighted by atomic mass is 19.1. The number of ether oxygens (including phenoxy) is 1. The molecule has 0 heterocycles. The molecular weight excluding hydrogens is 395 g/mol. The zero-order chi connectivity index (χ0) is 22.2. The van der Waals surface area contributed by atoms with Crippen LogP contribution in [0.15, 0.2) is 48.5 Å². The van der Waals surface area contributed by atoms with Gasteiger partial charge in [-0.25, -0.2) is 4.39 Å². The van der Waals surface area contributed by atoms with Crippen LogP contribution in [-0.2, 0) is 16.1 Å². The Labute approximate surface area is 183 Å². The molecule has 1 atom stereocenters. The van der Waals surface area contributed by atoms with Crippen molar-refractivity contribution in [3.63, 3.8) is 0 Å². The molecule has 1 saturated carbocycles. The predicted octanol–water partition coefficient (Wildman–Crippen LogP) is 4.38. The van der Waals surface area contributed by atoms with Crippen molar-refractivity contribution in [3.05, 3.63) is 65.5 Å². The van der Waals surface area contributed by atoms with Crippen LogP contribution < -0.4 is 10.1 Å². The van der Waals surface area contributed by atoms with E-state index in [1.807, 2.05) is 38.1 Å². The Morgan fingerprint density at radius 1 is 1.16 bits per heavy atom. The van der Waals surface area contributed by atoms with Crippen molar-refractivity contribution in [3.8, 4) is 5.75 Å². The summed E-state index contributed by atoms with van der Waals surface area (Å²) in [6, 6.07) is 13.4. The van der Waals surface area contributed by atoms with Crippen LogP contribution in [0.2, 0.25) is 0 Å². The van der Waals surface area contributed by atoms with Gasteiger partial charge in [0.05, 0.1) is 0 Å². The average molecular weight is 427 g/mol. The van der Waals surface area contributed by atoms with E-state index < -0.39 is 11.9 Å². The molecule has 1 fully saturated rings. The van der Waals surface area contributed by atoms with Gasteiger partial charge in [0.15, 0.2) is 18.2 Å². The number of rotatable bonds is 9. The number of carbonyl (C=O) groups excluding carboxylic acids is 2. The number of aryl methyl sites for hydroxylation is 1. The largest absolute Gasteiger partial charge is 0.481 e. The fourth-order valence-corrected chi connectivity index (χ4v) is 4.08. The Kier molecular flexibility index (Phi) is 8.04. The van der Waals surface area contributed by atoms with Crippen molar-refractivity contribution in [1.29, 1.82) is 0 Å². The monoisotopic (exact) mass is 426 g/mol. The van der Waals surface area contributed by atoms with Crippen molar-refractivity contribution < 1.29 is 18.7 Å². The van der Waals surface area contributed by atoms with Gasteiger partial charge in [-0.15, -0.1) is 0 Å². The van der Waals surface area contributed by atoms with Gasteiger partial charge in [0.2, 0.25) is 5.91 Å². The van der Waals surface area contributed by atoms with Crippen LogP contribution in [0.5, 0.6) is 5.75 Å². The van der Waals surface area contributed by atoms with E-state index >= 15 is 0 Å². The van der Waals surface area contributed by atoms with Gasteiger partial charge in [0.25, 0.3) is 5.91 Å². The summed E-state index contributed by atoms with van der Waals surface area (Å²) in [5, 5.41) is 3.11. The summed E-state index contributed by atoms with van der Waals surface area (Å²) in [4.78, 5) is 27.8. The Morgan fingerprint density at radius 3 is 2.58 bits per heavy atom. The van der Waals surface area contributed by atoms with Crippen molar-refractivity contribution in [1.82, 2.24) is 10.2 Å². The third-order valence-corrected chi connectivity index (χ3v) is 5.71. The SMILES string of the molecule is CC[C@@H](C(=O)NC1CCCC1)N(Cc1cccc(C)c1)C(=O)COc1ccccc1F. The molecule has 0 saturated heterocycles. The van der Waals surface area contributed by atoms with Crippen molar-refractivity contribution in [2.24, 2.45) is 0 Å². The third kappa shape index (κ3) is 6.29. The second-order valence-corrected chi connectivity index (χ2v) is 8.14. The molecule has 6 heteroatoms. The van der Waals surface area contributed by atoms with Crippen LogP contribution in [0.1, 0.15) is 50.2 Å². The Balaban J connectivity index is 1.77. The van der Waals surface area contributed by atoms with Gasteiger partial charge in [-0.2, -0.15) is 0 Å². The summed E-state index contributed by atoms with van der Waals surface area (Å²) in [6.07, 6.45) is 4.67. The minimum Gasteiger partial charge on any atom is -0.481 e. The van der Waals surface area contributed by atoms with Crippen LogP contribution in [0, 0.1) is 12.7 Å². The highest BCUT2D eigenvalue weighted by molar-refractivity contribution is 5.88. The van der Waals surface area contributed by atoms with Gasteiger partial charge in [-0.05, 0) is 43.9 Å². The van der Waals surface area contributed by atoms with Crippen molar-refractivity contribution >= 4 is 11.8 Å². The van der Waals surface area contributed by atoms with Crippen LogP contribution >= 0.6 is 0 Å². The van der Waals surface area contributed by atoms with E-state index in [2.05, 4.69) is 5.32 Å². The fourth-order valence-electron chi connectivity index (χ4n) is 4.08. The molecule has 1 aliphatic carbocycles. The van der Waals surface area contributed by atoms with Gasteiger partial charge in [-0.1, -0.05) is 61.7 Å². The molecule has 0 aromatic heterocycles. The molecule has 0 unspecified atom stereocenters. The molecule has 0 spiro atoms. The minimum absolute atomic E-state index is 0.0230. The first-order valence-electron chi connectivity index (χ1n) is 11.0. The Morgan fingerprint density at radius 2 is 1.90 bits per heavy atom. The lowest BCUT2D eigenvalue weighted by Gasteiger charge is -2.31. The van der Waals surface area contributed by atoms with Gasteiger partial charge >= 0.3 is 0 Å². The van der Waals surface area contributed by atoms with E-state index in [1.54, 1.807) is 17.0 Å². The Hall–Kier alpha value is -2.89. The molecule has 2 aromatic carbocycles. The van der Waals surface area contributed by atoms with Crippen LogP contribution in [0.25, 0.3) is 0 Å². The van der Waals surface area contributed by atoms with E-state index in [4.69, 9.17) is 4.74 Å². The lowest BCUT2D eigenvalue weighted by atomic mass is 10.1. The highest BCUT2D eigenvalue weighted by Crippen LogP contribution is 2.20. The second kappa shape index (κ2) is 10.9. The topological polar surface area (TPSA) is 58.6 Å². The smallest absolute Gasteiger partial charge is 0.261 e. The molecule has 5 nitrogen and oxygen atoms in total. The van der Waals surface area contributed by atoms with E-state index in [-0.39, 0.29) is 36.8 Å². The summed E-state index contributed by atoms with van der Waals surface area (Å²) >= 11 is 0. The van der Waals surface area contributed by atoms with E-state index in [0.29, 0.717) is 6.42 Å². The van der Waals surface area contributed by atoms with Crippen molar-refractivity contribution in [2.45, 2.75) is 64.6 Å². The maximum Gasteiger partial charge on any atom is 0.261 e. The van der Waals surface area contributed by atoms with Gasteiger partial charge in [0.1, 0.15) is 6.04 Å². The lowest BCUT2D eigenvalue weighted by molar-refractivity contribution is -0.143. The second-order valence-electron chi connectivity index (χ2n) is 8.14. The first-order chi connectivity index (χ1) is 15.0. The Bertz CT molecular complexity index is 896. The molecule has 166 valence electrons. The lowest BCUT2D eigenvalue weighted by Crippen LogP contribution is -2.52. The van der Waals surface area contributed by atoms with E-state index in [9.17, 15) is 14.0 Å². The summed E-state index contributed by atoms with van der Waals surface area (Å²) in [6.45, 7) is 3.84. The zero-order valence-corrected chi connectivity index (χ0v) is 18.3. The van der Waals surface area contributed by atoms with Gasteiger partial charge in [0, 0.05) is 12.6 Å². The quantitative estimate of drug-likeness (QED) is 0.647. The molecule has 31 heavy (non-hydrogen) atoms. The minimum atomic E-state index is -0.613. The standard InChI is InChI=1S/C25H31FN2O3/c1-3-22(25(30)27-20-11-4-5-12-20)28(16-19-10-8-9-18(2)15-19)24(29)17-31-23-14-7-6-13-21(23)26/h6-10,13-15,20,22H,3-5,11-12,16-17H2,1-2H3,(H,27,30)/t22-/m0/s1. The first-order valence-corrected chi connectivity index (χ1v) is 11.0. The molecule has 0 aliphatic heterocycles. The molecule has 0 bridgehead atoms. The molecule has 1 N–H and O–H groups in total.